The first kappa shape index (κ1) is 18.7. The third-order valence-corrected chi connectivity index (χ3v) is 6.27. The number of hydrogen-bond acceptors (Lipinski definition) is 2. The van der Waals surface area contributed by atoms with Crippen molar-refractivity contribution >= 4 is 44.9 Å². The van der Waals surface area contributed by atoms with Gasteiger partial charge in [0.1, 0.15) is 0 Å². The summed E-state index contributed by atoms with van der Waals surface area (Å²) in [7, 11) is 0. The molecule has 2 nitrogen and oxygen atoms in total. The maximum atomic E-state index is 2.39. The first-order valence-electron chi connectivity index (χ1n) is 11.0. The second-order valence-corrected chi connectivity index (χ2v) is 8.52. The molecule has 5 aromatic carbocycles. The highest BCUT2D eigenvalue weighted by Crippen LogP contribution is 2.54. The number of benzene rings is 5. The number of aryl methyl sites for hydroxylation is 2. The van der Waals surface area contributed by atoms with E-state index in [2.05, 4.69) is 133 Å². The summed E-state index contributed by atoms with van der Waals surface area (Å²) in [5, 5.41) is 2.48. The van der Waals surface area contributed by atoms with Crippen molar-refractivity contribution in [2.45, 2.75) is 13.8 Å². The Balaban J connectivity index is 1.68. The van der Waals surface area contributed by atoms with Crippen LogP contribution in [0.3, 0.4) is 0 Å². The van der Waals surface area contributed by atoms with Crippen molar-refractivity contribution < 1.29 is 0 Å². The van der Waals surface area contributed by atoms with E-state index in [1.165, 1.54) is 56.0 Å². The molecular formula is C30H24N2. The monoisotopic (exact) mass is 412 g/mol. The molecule has 0 aromatic heterocycles. The molecule has 0 amide bonds. The van der Waals surface area contributed by atoms with Crippen LogP contribution in [0.2, 0.25) is 0 Å². The van der Waals surface area contributed by atoms with Crippen molar-refractivity contribution in [3.05, 3.63) is 120 Å². The molecule has 0 spiro atoms. The number of anilines is 6. The summed E-state index contributed by atoms with van der Waals surface area (Å²) in [5.41, 5.74) is 9.60. The number of para-hydroxylation sites is 2. The van der Waals surface area contributed by atoms with Gasteiger partial charge in [-0.2, -0.15) is 0 Å². The molecule has 0 unspecified atom stereocenters. The SMILES string of the molecule is Cc1ccc(N2c3ccccc3N(c3ccc(C)cc3)c3cc4ccccc4cc32)cc1. The molecule has 154 valence electrons. The molecule has 0 saturated heterocycles. The van der Waals surface area contributed by atoms with E-state index in [1.54, 1.807) is 0 Å². The van der Waals surface area contributed by atoms with E-state index >= 15 is 0 Å². The van der Waals surface area contributed by atoms with Crippen LogP contribution in [0, 0.1) is 13.8 Å². The molecule has 32 heavy (non-hydrogen) atoms. The van der Waals surface area contributed by atoms with Crippen LogP contribution in [0.25, 0.3) is 10.8 Å². The Hall–Kier alpha value is -4.04. The zero-order valence-corrected chi connectivity index (χ0v) is 18.3. The van der Waals surface area contributed by atoms with Gasteiger partial charge in [0.05, 0.1) is 22.7 Å². The van der Waals surface area contributed by atoms with Crippen molar-refractivity contribution in [2.75, 3.05) is 9.80 Å². The maximum absolute atomic E-state index is 2.39. The lowest BCUT2D eigenvalue weighted by atomic mass is 10.0. The van der Waals surface area contributed by atoms with Gasteiger partial charge in [-0.15, -0.1) is 0 Å². The lowest BCUT2D eigenvalue weighted by Gasteiger charge is -2.40. The molecule has 0 saturated carbocycles. The van der Waals surface area contributed by atoms with Gasteiger partial charge in [0.25, 0.3) is 0 Å². The van der Waals surface area contributed by atoms with E-state index in [0.29, 0.717) is 0 Å². The third kappa shape index (κ3) is 2.96. The number of nitrogens with zero attached hydrogens (tertiary/aromatic N) is 2. The number of hydrogen-bond donors (Lipinski definition) is 0. The van der Waals surface area contributed by atoms with Crippen LogP contribution in [0.4, 0.5) is 34.1 Å². The molecule has 0 bridgehead atoms. The minimum Gasteiger partial charge on any atom is -0.306 e. The summed E-state index contributed by atoms with van der Waals surface area (Å²) >= 11 is 0. The highest BCUT2D eigenvalue weighted by atomic mass is 15.3. The van der Waals surface area contributed by atoms with Crippen molar-refractivity contribution in [1.29, 1.82) is 0 Å². The predicted molar refractivity (Wildman–Crippen MR) is 136 cm³/mol. The van der Waals surface area contributed by atoms with E-state index < -0.39 is 0 Å². The zero-order chi connectivity index (χ0) is 21.7. The Morgan fingerprint density at radius 3 is 1.19 bits per heavy atom. The van der Waals surface area contributed by atoms with Crippen LogP contribution in [0.15, 0.2) is 109 Å². The molecule has 2 heteroatoms. The van der Waals surface area contributed by atoms with Gasteiger partial charge in [-0.25, -0.2) is 0 Å². The minimum atomic E-state index is 1.17. The fourth-order valence-electron chi connectivity index (χ4n) is 4.62. The highest BCUT2D eigenvalue weighted by molar-refractivity contribution is 6.06. The van der Waals surface area contributed by atoms with Crippen LogP contribution >= 0.6 is 0 Å². The van der Waals surface area contributed by atoms with Crippen LogP contribution in [-0.2, 0) is 0 Å². The van der Waals surface area contributed by atoms with E-state index in [4.69, 9.17) is 0 Å². The lowest BCUT2D eigenvalue weighted by Crippen LogP contribution is -2.24. The van der Waals surface area contributed by atoms with Crippen molar-refractivity contribution in [3.63, 3.8) is 0 Å². The molecular weight excluding hydrogens is 388 g/mol. The number of fused-ring (bicyclic) bond motifs is 3. The first-order valence-corrected chi connectivity index (χ1v) is 11.0. The van der Waals surface area contributed by atoms with E-state index in [0.717, 1.165) is 0 Å². The largest absolute Gasteiger partial charge is 0.306 e. The smallest absolute Gasteiger partial charge is 0.0709 e. The standard InChI is InChI=1S/C30H24N2/c1-21-11-15-25(16-12-21)31-27-9-5-6-10-28(27)32(26-17-13-22(2)14-18-26)30-20-24-8-4-3-7-23(24)19-29(30)31/h3-20H,1-2H3. The third-order valence-electron chi connectivity index (χ3n) is 6.27. The van der Waals surface area contributed by atoms with Gasteiger partial charge < -0.3 is 9.80 Å². The lowest BCUT2D eigenvalue weighted by molar-refractivity contribution is 1.17. The number of rotatable bonds is 2. The van der Waals surface area contributed by atoms with Gasteiger partial charge >= 0.3 is 0 Å². The average Bonchev–Trinajstić information content (AvgIpc) is 2.83. The van der Waals surface area contributed by atoms with Gasteiger partial charge in [-0.3, -0.25) is 0 Å². The summed E-state index contributed by atoms with van der Waals surface area (Å²) < 4.78 is 0. The Bertz CT molecular complexity index is 1320. The van der Waals surface area contributed by atoms with Crippen LogP contribution in [0.1, 0.15) is 11.1 Å². The van der Waals surface area contributed by atoms with Gasteiger partial charge in [-0.1, -0.05) is 71.8 Å². The van der Waals surface area contributed by atoms with E-state index in [-0.39, 0.29) is 0 Å². The van der Waals surface area contributed by atoms with Crippen LogP contribution < -0.4 is 9.80 Å². The summed E-state index contributed by atoms with van der Waals surface area (Å²) in [6.07, 6.45) is 0. The van der Waals surface area contributed by atoms with Crippen molar-refractivity contribution in [1.82, 2.24) is 0 Å². The van der Waals surface area contributed by atoms with Gasteiger partial charge in [0.15, 0.2) is 0 Å². The Labute approximate surface area is 189 Å². The molecule has 0 radical (unpaired) electrons. The van der Waals surface area contributed by atoms with Gasteiger partial charge in [-0.05, 0) is 73.2 Å². The van der Waals surface area contributed by atoms with Gasteiger partial charge in [0.2, 0.25) is 0 Å². The maximum Gasteiger partial charge on any atom is 0.0709 e. The second kappa shape index (κ2) is 7.28. The van der Waals surface area contributed by atoms with Gasteiger partial charge in [0, 0.05) is 11.4 Å². The highest BCUT2D eigenvalue weighted by Gasteiger charge is 2.30. The molecule has 0 N–H and O–H groups in total. The summed E-state index contributed by atoms with van der Waals surface area (Å²) in [5.74, 6) is 0. The fourth-order valence-corrected chi connectivity index (χ4v) is 4.62. The molecule has 1 aliphatic rings. The molecule has 6 rings (SSSR count). The molecule has 0 fully saturated rings. The van der Waals surface area contributed by atoms with Crippen LogP contribution in [0.5, 0.6) is 0 Å². The second-order valence-electron chi connectivity index (χ2n) is 8.52. The van der Waals surface area contributed by atoms with Crippen molar-refractivity contribution in [3.8, 4) is 0 Å². The Morgan fingerprint density at radius 1 is 0.406 bits per heavy atom. The average molecular weight is 413 g/mol. The quantitative estimate of drug-likeness (QED) is 0.280. The molecule has 5 aromatic rings. The fraction of sp³-hybridized carbons (Fsp3) is 0.0667. The molecule has 0 atom stereocenters. The summed E-state index contributed by atoms with van der Waals surface area (Å²) in [6, 6.07) is 39.5. The molecule has 1 aliphatic heterocycles. The Morgan fingerprint density at radius 2 is 0.781 bits per heavy atom. The summed E-state index contributed by atoms with van der Waals surface area (Å²) in [4.78, 5) is 4.78. The van der Waals surface area contributed by atoms with Crippen LogP contribution in [-0.4, -0.2) is 0 Å². The topological polar surface area (TPSA) is 6.48 Å². The minimum absolute atomic E-state index is 1.17. The van der Waals surface area contributed by atoms with E-state index in [1.807, 2.05) is 0 Å². The zero-order valence-electron chi connectivity index (χ0n) is 18.3. The first-order chi connectivity index (χ1) is 15.7. The van der Waals surface area contributed by atoms with E-state index in [9.17, 15) is 0 Å². The Kier molecular flexibility index (Phi) is 4.26. The molecule has 1 heterocycles. The predicted octanol–water partition coefficient (Wildman–Crippen LogP) is 8.71. The normalized spacial score (nSPS) is 12.6. The van der Waals surface area contributed by atoms with Crippen molar-refractivity contribution in [2.24, 2.45) is 0 Å². The molecule has 0 aliphatic carbocycles. The summed E-state index contributed by atoms with van der Waals surface area (Å²) in [6.45, 7) is 4.27.